The molecule has 1 saturated carbocycles. The number of aromatic amines is 1. The lowest BCUT2D eigenvalue weighted by molar-refractivity contribution is 0.0235. The Hall–Kier alpha value is -2.94. The van der Waals surface area contributed by atoms with Gasteiger partial charge in [0, 0.05) is 31.1 Å². The molecule has 136 valence electrons. The average molecular weight is 356 g/mol. The van der Waals surface area contributed by atoms with Crippen molar-refractivity contribution in [2.75, 3.05) is 0 Å². The molecule has 0 radical (unpaired) electrons. The van der Waals surface area contributed by atoms with Crippen LogP contribution in [-0.2, 0) is 7.05 Å². The van der Waals surface area contributed by atoms with E-state index in [1.165, 1.54) is 16.8 Å². The zero-order chi connectivity index (χ0) is 18.4. The van der Waals surface area contributed by atoms with Crippen molar-refractivity contribution < 1.29 is 9.90 Å². The predicted octanol–water partition coefficient (Wildman–Crippen LogP) is 0.307. The summed E-state index contributed by atoms with van der Waals surface area (Å²) in [5.74, 6) is -0.122. The second-order valence-electron chi connectivity index (χ2n) is 6.86. The van der Waals surface area contributed by atoms with E-state index in [2.05, 4.69) is 20.5 Å². The second kappa shape index (κ2) is 6.10. The summed E-state index contributed by atoms with van der Waals surface area (Å²) in [4.78, 5) is 28.6. The Balaban J connectivity index is 1.64. The first-order valence-corrected chi connectivity index (χ1v) is 8.47. The number of amides is 1. The summed E-state index contributed by atoms with van der Waals surface area (Å²) in [6.45, 7) is 1.76. The third kappa shape index (κ3) is 2.80. The smallest absolute Gasteiger partial charge is 0.266 e. The summed E-state index contributed by atoms with van der Waals surface area (Å²) in [5, 5.41) is 19.5. The van der Waals surface area contributed by atoms with Gasteiger partial charge in [-0.3, -0.25) is 19.4 Å². The summed E-state index contributed by atoms with van der Waals surface area (Å²) >= 11 is 0. The zero-order valence-electron chi connectivity index (χ0n) is 14.5. The standard InChI is InChI=1S/C17H20N6O3/c1-9-13(7-18-14-5-15(25)21-23(9)14)17(26)20-16(10-3-12(24)4-10)11-6-19-22(2)8-11/h5-8,10,12,16,24H,3-4H2,1-2H3,(H,20,26)(H,21,25)/t10?,12?,16-/m1/s1. The molecule has 1 fully saturated rings. The summed E-state index contributed by atoms with van der Waals surface area (Å²) in [7, 11) is 1.82. The summed E-state index contributed by atoms with van der Waals surface area (Å²) < 4.78 is 3.19. The highest BCUT2D eigenvalue weighted by atomic mass is 16.3. The molecule has 1 aliphatic carbocycles. The Bertz CT molecular complexity index is 1030. The van der Waals surface area contributed by atoms with E-state index in [1.54, 1.807) is 17.8 Å². The molecule has 3 heterocycles. The van der Waals surface area contributed by atoms with E-state index in [0.29, 0.717) is 29.7 Å². The quantitative estimate of drug-likeness (QED) is 0.622. The van der Waals surface area contributed by atoms with Crippen LogP contribution >= 0.6 is 0 Å². The van der Waals surface area contributed by atoms with Crippen LogP contribution in [0.25, 0.3) is 5.65 Å². The van der Waals surface area contributed by atoms with Crippen LogP contribution in [0.1, 0.15) is 40.5 Å². The van der Waals surface area contributed by atoms with Crippen LogP contribution in [0.4, 0.5) is 0 Å². The van der Waals surface area contributed by atoms with Gasteiger partial charge in [-0.15, -0.1) is 0 Å². The number of hydrogen-bond acceptors (Lipinski definition) is 5. The van der Waals surface area contributed by atoms with Crippen molar-refractivity contribution in [1.29, 1.82) is 0 Å². The Kier molecular flexibility index (Phi) is 3.87. The summed E-state index contributed by atoms with van der Waals surface area (Å²) in [5.41, 5.74) is 2.09. The largest absolute Gasteiger partial charge is 0.393 e. The number of carbonyl (C=O) groups is 1. The van der Waals surface area contributed by atoms with Gasteiger partial charge in [0.05, 0.1) is 29.6 Å². The van der Waals surface area contributed by atoms with Crippen molar-refractivity contribution in [3.8, 4) is 0 Å². The van der Waals surface area contributed by atoms with E-state index in [1.807, 2.05) is 13.2 Å². The molecule has 1 amide bonds. The molecule has 0 aromatic carbocycles. The third-order valence-electron chi connectivity index (χ3n) is 5.00. The van der Waals surface area contributed by atoms with Crippen LogP contribution in [0.3, 0.4) is 0 Å². The van der Waals surface area contributed by atoms with Gasteiger partial charge in [-0.05, 0) is 25.7 Å². The van der Waals surface area contributed by atoms with Gasteiger partial charge < -0.3 is 10.4 Å². The number of nitrogens with one attached hydrogen (secondary N) is 2. The fourth-order valence-corrected chi connectivity index (χ4v) is 3.49. The van der Waals surface area contributed by atoms with Gasteiger partial charge in [0.1, 0.15) is 0 Å². The van der Waals surface area contributed by atoms with Crippen molar-refractivity contribution >= 4 is 11.6 Å². The summed E-state index contributed by atoms with van der Waals surface area (Å²) in [6.07, 6.45) is 6.03. The Morgan fingerprint density at radius 1 is 1.42 bits per heavy atom. The fraction of sp³-hybridized carbons (Fsp3) is 0.412. The van der Waals surface area contributed by atoms with Crippen LogP contribution in [0.15, 0.2) is 29.5 Å². The molecule has 0 aliphatic heterocycles. The molecule has 4 rings (SSSR count). The van der Waals surface area contributed by atoms with Crippen molar-refractivity contribution in [2.45, 2.75) is 31.9 Å². The second-order valence-corrected chi connectivity index (χ2v) is 6.86. The van der Waals surface area contributed by atoms with Crippen molar-refractivity contribution in [1.82, 2.24) is 29.7 Å². The van der Waals surface area contributed by atoms with Crippen molar-refractivity contribution in [2.24, 2.45) is 13.0 Å². The summed E-state index contributed by atoms with van der Waals surface area (Å²) in [6, 6.07) is 1.14. The highest BCUT2D eigenvalue weighted by molar-refractivity contribution is 5.95. The molecule has 0 spiro atoms. The van der Waals surface area contributed by atoms with E-state index in [0.717, 1.165) is 5.56 Å². The molecule has 26 heavy (non-hydrogen) atoms. The van der Waals surface area contributed by atoms with Crippen LogP contribution in [0.5, 0.6) is 0 Å². The van der Waals surface area contributed by atoms with Crippen LogP contribution in [0.2, 0.25) is 0 Å². The van der Waals surface area contributed by atoms with Gasteiger partial charge in [-0.1, -0.05) is 0 Å². The number of nitrogens with zero attached hydrogens (tertiary/aromatic N) is 4. The molecule has 3 aromatic rings. The number of carbonyl (C=O) groups excluding carboxylic acids is 1. The number of aliphatic hydroxyl groups excluding tert-OH is 1. The minimum Gasteiger partial charge on any atom is -0.393 e. The maximum Gasteiger partial charge on any atom is 0.266 e. The van der Waals surface area contributed by atoms with Crippen molar-refractivity contribution in [3.63, 3.8) is 0 Å². The SMILES string of the molecule is Cc1c(C(=O)N[C@@H](c2cnn(C)c2)C2CC(O)C2)cnc2cc(=O)[nH]n12. The molecular formula is C17H20N6O3. The molecule has 0 bridgehead atoms. The average Bonchev–Trinajstić information content (AvgIpc) is 3.15. The van der Waals surface area contributed by atoms with E-state index in [9.17, 15) is 14.7 Å². The van der Waals surface area contributed by atoms with E-state index >= 15 is 0 Å². The maximum absolute atomic E-state index is 12.9. The highest BCUT2D eigenvalue weighted by Gasteiger charge is 2.36. The Labute approximate surface area is 148 Å². The monoisotopic (exact) mass is 356 g/mol. The minimum absolute atomic E-state index is 0.154. The molecule has 9 nitrogen and oxygen atoms in total. The molecule has 9 heteroatoms. The first kappa shape index (κ1) is 16.5. The first-order chi connectivity index (χ1) is 12.4. The highest BCUT2D eigenvalue weighted by Crippen LogP contribution is 2.38. The third-order valence-corrected chi connectivity index (χ3v) is 5.00. The van der Waals surface area contributed by atoms with Gasteiger partial charge in [0.15, 0.2) is 5.65 Å². The van der Waals surface area contributed by atoms with Gasteiger partial charge in [0.25, 0.3) is 11.5 Å². The predicted molar refractivity (Wildman–Crippen MR) is 92.7 cm³/mol. The maximum atomic E-state index is 12.9. The topological polar surface area (TPSA) is 117 Å². The molecule has 0 unspecified atom stereocenters. The number of aromatic nitrogens is 5. The lowest BCUT2D eigenvalue weighted by Crippen LogP contribution is -2.41. The molecular weight excluding hydrogens is 336 g/mol. The zero-order valence-corrected chi connectivity index (χ0v) is 14.5. The van der Waals surface area contributed by atoms with E-state index < -0.39 is 0 Å². The van der Waals surface area contributed by atoms with E-state index in [4.69, 9.17) is 0 Å². The number of fused-ring (bicyclic) bond motifs is 1. The van der Waals surface area contributed by atoms with Crippen molar-refractivity contribution in [3.05, 3.63) is 51.8 Å². The molecule has 1 atom stereocenters. The van der Waals surface area contributed by atoms with Crippen LogP contribution in [0, 0.1) is 12.8 Å². The Morgan fingerprint density at radius 2 is 2.19 bits per heavy atom. The molecule has 3 N–H and O–H groups in total. The number of H-pyrrole nitrogens is 1. The van der Waals surface area contributed by atoms with Gasteiger partial charge in [-0.2, -0.15) is 5.10 Å². The number of aryl methyl sites for hydroxylation is 2. The van der Waals surface area contributed by atoms with Gasteiger partial charge in [-0.25, -0.2) is 9.50 Å². The van der Waals surface area contributed by atoms with Crippen LogP contribution < -0.4 is 10.9 Å². The molecule has 1 aliphatic rings. The fourth-order valence-electron chi connectivity index (χ4n) is 3.49. The lowest BCUT2D eigenvalue weighted by Gasteiger charge is -2.37. The van der Waals surface area contributed by atoms with Gasteiger partial charge in [0.2, 0.25) is 0 Å². The van der Waals surface area contributed by atoms with Crippen LogP contribution in [-0.4, -0.2) is 41.5 Å². The molecule has 3 aromatic heterocycles. The lowest BCUT2D eigenvalue weighted by atomic mass is 9.75. The van der Waals surface area contributed by atoms with E-state index in [-0.39, 0.29) is 29.5 Å². The number of aliphatic hydroxyl groups is 1. The van der Waals surface area contributed by atoms with Gasteiger partial charge >= 0.3 is 0 Å². The first-order valence-electron chi connectivity index (χ1n) is 8.47. The Morgan fingerprint density at radius 3 is 2.85 bits per heavy atom. The minimum atomic E-state index is -0.319. The molecule has 0 saturated heterocycles. The normalized spacial score (nSPS) is 20.7. The number of hydrogen-bond donors (Lipinski definition) is 3. The number of rotatable bonds is 4.